The first kappa shape index (κ1) is 20.2. The summed E-state index contributed by atoms with van der Waals surface area (Å²) in [4.78, 5) is 4.47. The molecule has 3 aromatic rings. The molecule has 1 aromatic heterocycles. The van der Waals surface area contributed by atoms with Crippen LogP contribution in [0.4, 0.5) is 0 Å². The Kier molecular flexibility index (Phi) is 5.97. The molecule has 0 bridgehead atoms. The van der Waals surface area contributed by atoms with Crippen molar-refractivity contribution in [3.63, 3.8) is 0 Å². The molecule has 2 aliphatic heterocycles. The van der Waals surface area contributed by atoms with Crippen molar-refractivity contribution in [3.8, 4) is 17.2 Å². The molecule has 0 saturated carbocycles. The number of rotatable bonds is 4. The van der Waals surface area contributed by atoms with Crippen LogP contribution in [-0.4, -0.2) is 41.2 Å². The van der Waals surface area contributed by atoms with Gasteiger partial charge in [0.05, 0.1) is 11.1 Å². The van der Waals surface area contributed by atoms with E-state index in [4.69, 9.17) is 0 Å². The van der Waals surface area contributed by atoms with Gasteiger partial charge < -0.3 is 0 Å². The second-order valence-electron chi connectivity index (χ2n) is 8.99. The minimum Gasteiger partial charge on any atom is -0.255 e. The quantitative estimate of drug-likeness (QED) is 0.575. The molecule has 158 valence electrons. The van der Waals surface area contributed by atoms with Crippen LogP contribution in [0.3, 0.4) is 0 Å². The van der Waals surface area contributed by atoms with Crippen LogP contribution in [0.1, 0.15) is 43.2 Å². The summed E-state index contributed by atoms with van der Waals surface area (Å²) >= 11 is 0. The highest BCUT2D eigenvalue weighted by molar-refractivity contribution is 5.97. The smallest absolute Gasteiger partial charge is 0.101 e. The summed E-state index contributed by atoms with van der Waals surface area (Å²) in [5.74, 6) is 0.760. The molecule has 4 heteroatoms. The minimum atomic E-state index is 0.635. The largest absolute Gasteiger partial charge is 0.255 e. The first-order valence-corrected chi connectivity index (χ1v) is 11.7. The monoisotopic (exact) mass is 410 g/mol. The van der Waals surface area contributed by atoms with Crippen molar-refractivity contribution in [2.75, 3.05) is 26.2 Å². The van der Waals surface area contributed by atoms with Crippen LogP contribution in [0.15, 0.2) is 54.7 Å². The average molecular weight is 411 g/mol. The molecule has 0 N–H and O–H groups in total. The summed E-state index contributed by atoms with van der Waals surface area (Å²) in [7, 11) is 0. The average Bonchev–Trinajstić information content (AvgIpc) is 2.84. The lowest BCUT2D eigenvalue weighted by Gasteiger charge is -2.41. The Balaban J connectivity index is 1.31. The lowest BCUT2D eigenvalue weighted by atomic mass is 9.89. The molecule has 0 unspecified atom stereocenters. The van der Waals surface area contributed by atoms with Crippen LogP contribution in [0.5, 0.6) is 0 Å². The van der Waals surface area contributed by atoms with Gasteiger partial charge in [-0.1, -0.05) is 42.8 Å². The van der Waals surface area contributed by atoms with E-state index in [1.807, 2.05) is 12.1 Å². The second-order valence-corrected chi connectivity index (χ2v) is 8.99. The van der Waals surface area contributed by atoms with Crippen molar-refractivity contribution < 1.29 is 0 Å². The van der Waals surface area contributed by atoms with Gasteiger partial charge in [0.25, 0.3) is 0 Å². The van der Waals surface area contributed by atoms with Crippen molar-refractivity contribution >= 4 is 10.9 Å². The number of nitriles is 1. The number of nitrogens with zero attached hydrogens (tertiary/aromatic N) is 4. The maximum Gasteiger partial charge on any atom is 0.101 e. The fourth-order valence-electron chi connectivity index (χ4n) is 5.28. The molecule has 4 nitrogen and oxygen atoms in total. The van der Waals surface area contributed by atoms with Crippen LogP contribution in [0.25, 0.3) is 22.0 Å². The summed E-state index contributed by atoms with van der Waals surface area (Å²) in [6.45, 7) is 4.91. The first-order chi connectivity index (χ1) is 15.3. The van der Waals surface area contributed by atoms with Gasteiger partial charge >= 0.3 is 0 Å². The third kappa shape index (κ3) is 4.35. The highest BCUT2D eigenvalue weighted by atomic mass is 15.6. The van der Waals surface area contributed by atoms with Crippen molar-refractivity contribution in [1.29, 1.82) is 5.26 Å². The predicted octanol–water partition coefficient (Wildman–Crippen LogP) is 5.43. The normalized spacial score (nSPS) is 18.8. The highest BCUT2D eigenvalue weighted by Gasteiger charge is 2.24. The standard InChI is InChI=1S/C27H30N4/c28-20-24-9-10-25(26-8-5-13-29-27(24)26)23-7-4-6-22(19-23)18-21-11-16-31(17-12-21)30-14-2-1-3-15-30/h4-10,13,19,21H,1-3,11-12,14-18H2. The second kappa shape index (κ2) is 9.18. The molecule has 3 heterocycles. The van der Waals surface area contributed by atoms with E-state index in [0.29, 0.717) is 5.56 Å². The van der Waals surface area contributed by atoms with E-state index in [0.717, 1.165) is 28.8 Å². The molecule has 2 aromatic carbocycles. The number of hydrazine groups is 1. The maximum atomic E-state index is 9.43. The van der Waals surface area contributed by atoms with E-state index >= 15 is 0 Å². The van der Waals surface area contributed by atoms with Crippen LogP contribution in [0.2, 0.25) is 0 Å². The topological polar surface area (TPSA) is 43.2 Å². The predicted molar refractivity (Wildman–Crippen MR) is 125 cm³/mol. The third-order valence-corrected chi connectivity index (χ3v) is 6.98. The van der Waals surface area contributed by atoms with Gasteiger partial charge in [-0.15, -0.1) is 0 Å². The fraction of sp³-hybridized carbons (Fsp3) is 0.407. The number of fused-ring (bicyclic) bond motifs is 1. The van der Waals surface area contributed by atoms with Gasteiger partial charge in [-0.05, 0) is 66.8 Å². The molecule has 0 amide bonds. The zero-order valence-electron chi connectivity index (χ0n) is 18.1. The first-order valence-electron chi connectivity index (χ1n) is 11.7. The maximum absolute atomic E-state index is 9.43. The Bertz CT molecular complexity index is 1090. The number of benzene rings is 2. The fourth-order valence-corrected chi connectivity index (χ4v) is 5.28. The van der Waals surface area contributed by atoms with E-state index in [9.17, 15) is 5.26 Å². The molecule has 0 atom stereocenters. The van der Waals surface area contributed by atoms with Gasteiger partial charge in [0.15, 0.2) is 0 Å². The highest BCUT2D eigenvalue weighted by Crippen LogP contribution is 2.31. The number of pyridine rings is 1. The lowest BCUT2D eigenvalue weighted by molar-refractivity contribution is -0.0609. The van der Waals surface area contributed by atoms with Gasteiger partial charge in [0.2, 0.25) is 0 Å². The Morgan fingerprint density at radius 2 is 1.71 bits per heavy atom. The summed E-state index contributed by atoms with van der Waals surface area (Å²) in [5, 5.41) is 15.7. The summed E-state index contributed by atoms with van der Waals surface area (Å²) in [6.07, 6.45) is 9.58. The molecular formula is C27H30N4. The van der Waals surface area contributed by atoms with Gasteiger partial charge in [0.1, 0.15) is 6.07 Å². The molecule has 0 aliphatic carbocycles. The van der Waals surface area contributed by atoms with E-state index in [2.05, 4.69) is 57.5 Å². The van der Waals surface area contributed by atoms with Crippen molar-refractivity contribution in [1.82, 2.24) is 15.0 Å². The molecule has 31 heavy (non-hydrogen) atoms. The third-order valence-electron chi connectivity index (χ3n) is 6.98. The van der Waals surface area contributed by atoms with Crippen LogP contribution in [-0.2, 0) is 6.42 Å². The molecule has 2 fully saturated rings. The van der Waals surface area contributed by atoms with Crippen molar-refractivity contribution in [2.45, 2.75) is 38.5 Å². The Hall–Kier alpha value is -2.74. The molecular weight excluding hydrogens is 380 g/mol. The molecule has 5 rings (SSSR count). The molecule has 0 spiro atoms. The van der Waals surface area contributed by atoms with Gasteiger partial charge in [-0.2, -0.15) is 5.26 Å². The molecule has 0 radical (unpaired) electrons. The van der Waals surface area contributed by atoms with Gasteiger partial charge in [-0.3, -0.25) is 4.98 Å². The zero-order chi connectivity index (χ0) is 21.0. The van der Waals surface area contributed by atoms with E-state index in [1.165, 1.54) is 69.4 Å². The summed E-state index contributed by atoms with van der Waals surface area (Å²) < 4.78 is 0. The summed E-state index contributed by atoms with van der Waals surface area (Å²) in [5.41, 5.74) is 5.21. The van der Waals surface area contributed by atoms with Crippen molar-refractivity contribution in [3.05, 3.63) is 65.9 Å². The van der Waals surface area contributed by atoms with E-state index in [1.54, 1.807) is 6.20 Å². The number of aromatic nitrogens is 1. The minimum absolute atomic E-state index is 0.635. The van der Waals surface area contributed by atoms with Crippen LogP contribution in [0, 0.1) is 17.2 Å². The zero-order valence-corrected chi connectivity index (χ0v) is 18.1. The van der Waals surface area contributed by atoms with E-state index < -0.39 is 0 Å². The number of piperidine rings is 2. The summed E-state index contributed by atoms with van der Waals surface area (Å²) in [6, 6.07) is 19.2. The van der Waals surface area contributed by atoms with Crippen LogP contribution >= 0.6 is 0 Å². The molecule has 2 aliphatic rings. The van der Waals surface area contributed by atoms with Crippen LogP contribution < -0.4 is 0 Å². The Morgan fingerprint density at radius 3 is 2.52 bits per heavy atom. The lowest BCUT2D eigenvalue weighted by Crippen LogP contribution is -2.49. The number of hydrogen-bond acceptors (Lipinski definition) is 4. The van der Waals surface area contributed by atoms with Gasteiger partial charge in [-0.25, -0.2) is 10.0 Å². The molecule has 2 saturated heterocycles. The Morgan fingerprint density at radius 1 is 0.903 bits per heavy atom. The van der Waals surface area contributed by atoms with Crippen molar-refractivity contribution in [2.24, 2.45) is 5.92 Å². The number of hydrogen-bond donors (Lipinski definition) is 0. The van der Waals surface area contributed by atoms with Gasteiger partial charge in [0, 0.05) is 37.8 Å². The Labute approximate surface area is 185 Å². The van der Waals surface area contributed by atoms with E-state index in [-0.39, 0.29) is 0 Å². The SMILES string of the molecule is N#Cc1ccc(-c2cccc(CC3CCN(N4CCCCC4)CC3)c2)c2cccnc12.